The largest absolute Gasteiger partial charge is 0.347 e. The summed E-state index contributed by atoms with van der Waals surface area (Å²) in [5.41, 5.74) is 2.21. The first-order valence-electron chi connectivity index (χ1n) is 7.12. The molecular weight excluding hydrogens is 292 g/mol. The Morgan fingerprint density at radius 1 is 1.32 bits per heavy atom. The van der Waals surface area contributed by atoms with E-state index in [9.17, 15) is 10.1 Å². The number of rotatable bonds is 5. The van der Waals surface area contributed by atoms with Crippen LogP contribution in [0.3, 0.4) is 0 Å². The van der Waals surface area contributed by atoms with Gasteiger partial charge in [-0.15, -0.1) is 11.3 Å². The number of nitrogens with zero attached hydrogens (tertiary/aromatic N) is 1. The van der Waals surface area contributed by atoms with Crippen LogP contribution in [-0.4, -0.2) is 5.91 Å². The molecule has 0 radical (unpaired) electrons. The molecule has 1 aromatic heterocycles. The summed E-state index contributed by atoms with van der Waals surface area (Å²) in [4.78, 5) is 13.1. The van der Waals surface area contributed by atoms with Crippen LogP contribution in [0, 0.1) is 11.3 Å². The molecule has 0 atom stereocenters. The minimum atomic E-state index is -0.344. The zero-order valence-corrected chi connectivity index (χ0v) is 13.5. The van der Waals surface area contributed by atoms with Gasteiger partial charge in [-0.2, -0.15) is 5.26 Å². The third-order valence-corrected chi connectivity index (χ3v) is 4.16. The lowest BCUT2D eigenvalue weighted by molar-refractivity contribution is -0.117. The lowest BCUT2D eigenvalue weighted by Gasteiger charge is -2.05. The van der Waals surface area contributed by atoms with E-state index in [2.05, 4.69) is 19.2 Å². The van der Waals surface area contributed by atoms with E-state index in [1.165, 1.54) is 5.56 Å². The maximum absolute atomic E-state index is 12.1. The highest BCUT2D eigenvalue weighted by molar-refractivity contribution is 7.09. The minimum absolute atomic E-state index is 0.119. The van der Waals surface area contributed by atoms with Crippen molar-refractivity contribution in [1.29, 1.82) is 5.26 Å². The van der Waals surface area contributed by atoms with Crippen molar-refractivity contribution >= 4 is 23.3 Å². The van der Waals surface area contributed by atoms with Gasteiger partial charge in [0.2, 0.25) is 0 Å². The molecule has 0 aliphatic heterocycles. The number of hydrogen-bond donors (Lipinski definition) is 1. The predicted octanol–water partition coefficient (Wildman–Crippen LogP) is 4.09. The molecule has 1 heterocycles. The molecule has 0 fully saturated rings. The minimum Gasteiger partial charge on any atom is -0.347 e. The van der Waals surface area contributed by atoms with Crippen LogP contribution in [-0.2, 0) is 11.3 Å². The van der Waals surface area contributed by atoms with E-state index in [1.54, 1.807) is 17.4 Å². The van der Waals surface area contributed by atoms with Gasteiger partial charge in [0.15, 0.2) is 0 Å². The van der Waals surface area contributed by atoms with Gasteiger partial charge in [-0.25, -0.2) is 0 Å². The standard InChI is InChI=1S/C18H18N2OS/c1-13(2)15-7-5-14(6-8-15)10-16(11-19)18(21)20-12-17-4-3-9-22-17/h3-10,13H,12H2,1-2H3,(H,20,21). The second-order valence-corrected chi connectivity index (χ2v) is 6.29. The van der Waals surface area contributed by atoms with Gasteiger partial charge >= 0.3 is 0 Å². The summed E-state index contributed by atoms with van der Waals surface area (Å²) in [6, 6.07) is 13.8. The number of carbonyl (C=O) groups excluding carboxylic acids is 1. The quantitative estimate of drug-likeness (QED) is 0.668. The molecule has 1 aromatic carbocycles. The van der Waals surface area contributed by atoms with E-state index in [0.717, 1.165) is 10.4 Å². The molecule has 0 aliphatic carbocycles. The molecule has 3 nitrogen and oxygen atoms in total. The van der Waals surface area contributed by atoms with Crippen LogP contribution >= 0.6 is 11.3 Å². The van der Waals surface area contributed by atoms with Crippen molar-refractivity contribution in [2.24, 2.45) is 0 Å². The average molecular weight is 310 g/mol. The molecule has 2 rings (SSSR count). The Morgan fingerprint density at radius 2 is 2.05 bits per heavy atom. The predicted molar refractivity (Wildman–Crippen MR) is 90.3 cm³/mol. The molecule has 112 valence electrons. The van der Waals surface area contributed by atoms with E-state index in [4.69, 9.17) is 0 Å². The first kappa shape index (κ1) is 16.0. The molecule has 1 amide bonds. The summed E-state index contributed by atoms with van der Waals surface area (Å²) in [6.45, 7) is 4.70. The highest BCUT2D eigenvalue weighted by atomic mass is 32.1. The monoisotopic (exact) mass is 310 g/mol. The molecule has 0 spiro atoms. The molecule has 2 aromatic rings. The molecule has 0 bridgehead atoms. The first-order chi connectivity index (χ1) is 10.6. The third-order valence-electron chi connectivity index (χ3n) is 3.28. The molecule has 0 aliphatic rings. The number of nitriles is 1. The lowest BCUT2D eigenvalue weighted by atomic mass is 10.0. The molecule has 0 saturated carbocycles. The van der Waals surface area contributed by atoms with Crippen LogP contribution in [0.1, 0.15) is 35.8 Å². The second-order valence-electron chi connectivity index (χ2n) is 5.25. The molecule has 0 saturated heterocycles. The van der Waals surface area contributed by atoms with E-state index in [0.29, 0.717) is 12.5 Å². The normalized spacial score (nSPS) is 11.3. The van der Waals surface area contributed by atoms with Crippen molar-refractivity contribution in [3.05, 3.63) is 63.4 Å². The fourth-order valence-electron chi connectivity index (χ4n) is 1.97. The van der Waals surface area contributed by atoms with Crippen molar-refractivity contribution < 1.29 is 4.79 Å². The average Bonchev–Trinajstić information content (AvgIpc) is 3.04. The van der Waals surface area contributed by atoms with Gasteiger partial charge in [-0.05, 0) is 34.6 Å². The van der Waals surface area contributed by atoms with Gasteiger partial charge in [0.25, 0.3) is 5.91 Å². The molecule has 0 unspecified atom stereocenters. The number of nitrogens with one attached hydrogen (secondary N) is 1. The SMILES string of the molecule is CC(C)c1ccc(C=C(C#N)C(=O)NCc2cccs2)cc1. The van der Waals surface area contributed by atoms with E-state index >= 15 is 0 Å². The maximum atomic E-state index is 12.1. The number of benzene rings is 1. The number of thiophene rings is 1. The number of hydrogen-bond acceptors (Lipinski definition) is 3. The van der Waals surface area contributed by atoms with Crippen molar-refractivity contribution in [3.63, 3.8) is 0 Å². The molecule has 22 heavy (non-hydrogen) atoms. The van der Waals surface area contributed by atoms with Gasteiger partial charge in [0.05, 0.1) is 6.54 Å². The Balaban J connectivity index is 2.06. The van der Waals surface area contributed by atoms with Crippen molar-refractivity contribution in [2.75, 3.05) is 0 Å². The lowest BCUT2D eigenvalue weighted by Crippen LogP contribution is -2.23. The first-order valence-corrected chi connectivity index (χ1v) is 8.00. The summed E-state index contributed by atoms with van der Waals surface area (Å²) in [7, 11) is 0. The summed E-state index contributed by atoms with van der Waals surface area (Å²) in [6.07, 6.45) is 1.62. The Hall–Kier alpha value is -2.38. The third kappa shape index (κ3) is 4.31. The molecule has 4 heteroatoms. The van der Waals surface area contributed by atoms with E-state index in [-0.39, 0.29) is 11.5 Å². The van der Waals surface area contributed by atoms with Crippen LogP contribution in [0.2, 0.25) is 0 Å². The topological polar surface area (TPSA) is 52.9 Å². The Kier molecular flexibility index (Phi) is 5.51. The van der Waals surface area contributed by atoms with Crippen molar-refractivity contribution in [3.8, 4) is 6.07 Å². The van der Waals surface area contributed by atoms with Gasteiger partial charge in [-0.3, -0.25) is 4.79 Å². The Bertz CT molecular complexity index is 692. The van der Waals surface area contributed by atoms with Crippen molar-refractivity contribution in [1.82, 2.24) is 5.32 Å². The summed E-state index contributed by atoms with van der Waals surface area (Å²) < 4.78 is 0. The summed E-state index contributed by atoms with van der Waals surface area (Å²) in [5.74, 6) is 0.117. The number of carbonyl (C=O) groups is 1. The zero-order valence-electron chi connectivity index (χ0n) is 12.7. The van der Waals surface area contributed by atoms with Gasteiger partial charge in [0.1, 0.15) is 11.6 Å². The fourth-order valence-corrected chi connectivity index (χ4v) is 2.61. The maximum Gasteiger partial charge on any atom is 0.262 e. The highest BCUT2D eigenvalue weighted by Crippen LogP contribution is 2.16. The number of amides is 1. The Morgan fingerprint density at radius 3 is 2.59 bits per heavy atom. The highest BCUT2D eigenvalue weighted by Gasteiger charge is 2.09. The van der Waals surface area contributed by atoms with Crippen LogP contribution in [0.15, 0.2) is 47.4 Å². The van der Waals surface area contributed by atoms with E-state index < -0.39 is 0 Å². The smallest absolute Gasteiger partial charge is 0.262 e. The van der Waals surface area contributed by atoms with Gasteiger partial charge in [0, 0.05) is 4.88 Å². The van der Waals surface area contributed by atoms with Crippen LogP contribution in [0.25, 0.3) is 6.08 Å². The van der Waals surface area contributed by atoms with Crippen LogP contribution in [0.4, 0.5) is 0 Å². The summed E-state index contributed by atoms with van der Waals surface area (Å²) in [5, 5.41) is 13.9. The van der Waals surface area contributed by atoms with Crippen molar-refractivity contribution in [2.45, 2.75) is 26.3 Å². The fraction of sp³-hybridized carbons (Fsp3) is 0.222. The molecular formula is C18H18N2OS. The van der Waals surface area contributed by atoms with Gasteiger partial charge < -0.3 is 5.32 Å². The van der Waals surface area contributed by atoms with E-state index in [1.807, 2.05) is 47.8 Å². The zero-order chi connectivity index (χ0) is 15.9. The van der Waals surface area contributed by atoms with Gasteiger partial charge in [-0.1, -0.05) is 44.2 Å². The molecule has 1 N–H and O–H groups in total. The van der Waals surface area contributed by atoms with Crippen LogP contribution < -0.4 is 5.32 Å². The Labute approximate surface area is 134 Å². The van der Waals surface area contributed by atoms with Crippen LogP contribution in [0.5, 0.6) is 0 Å². The second kappa shape index (κ2) is 7.58. The summed E-state index contributed by atoms with van der Waals surface area (Å²) >= 11 is 1.58.